The molecule has 2 aliphatic heterocycles. The minimum Gasteiger partial charge on any atom is -0.388 e. The first-order valence-corrected chi connectivity index (χ1v) is 6.61. The van der Waals surface area contributed by atoms with Crippen LogP contribution in [-0.2, 0) is 9.47 Å². The number of fused-ring (bicyclic) bond motifs is 1. The average molecular weight is 302 g/mol. The van der Waals surface area contributed by atoms with Gasteiger partial charge in [0, 0.05) is 0 Å². The van der Waals surface area contributed by atoms with E-state index < -0.39 is 23.9 Å². The molecule has 2 heterocycles. The highest BCUT2D eigenvalue weighted by Gasteiger charge is 2.47. The van der Waals surface area contributed by atoms with Crippen molar-refractivity contribution in [3.05, 3.63) is 34.6 Å². The molecule has 108 valence electrons. The zero-order valence-corrected chi connectivity index (χ0v) is 11.1. The van der Waals surface area contributed by atoms with Gasteiger partial charge in [-0.2, -0.15) is 0 Å². The molecule has 4 atom stereocenters. The van der Waals surface area contributed by atoms with Crippen molar-refractivity contribution in [1.29, 1.82) is 0 Å². The quantitative estimate of drug-likeness (QED) is 0.845. The fourth-order valence-electron chi connectivity index (χ4n) is 2.52. The van der Waals surface area contributed by atoms with Crippen LogP contribution < -0.4 is 5.32 Å². The summed E-state index contributed by atoms with van der Waals surface area (Å²) in [6.45, 7) is 0.424. The molecule has 0 radical (unpaired) electrons. The number of carbonyl (C=O) groups excluding carboxylic acids is 1. The number of aliphatic hydroxyl groups excluding tert-OH is 1. The van der Waals surface area contributed by atoms with Crippen LogP contribution in [-0.4, -0.2) is 48.6 Å². The Labute approximate surface area is 119 Å². The molecule has 20 heavy (non-hydrogen) atoms. The molecule has 7 heteroatoms. The lowest BCUT2D eigenvalue weighted by Crippen LogP contribution is -2.44. The van der Waals surface area contributed by atoms with Crippen molar-refractivity contribution in [1.82, 2.24) is 5.32 Å². The average Bonchev–Trinajstić information content (AvgIpc) is 2.97. The number of nitrogens with one attached hydrogen (secondary N) is 1. The predicted octanol–water partition coefficient (Wildman–Crippen LogP) is 0.736. The highest BCUT2D eigenvalue weighted by atomic mass is 35.5. The molecule has 0 bridgehead atoms. The standard InChI is InChI=1S/C13H13ClFNO4/c14-8-2-1-6(15)3-7(8)13(18)16-9-4-19-12-10(17)5-20-11(9)12/h1-3,9-12,17H,4-5H2,(H,16,18)/t9-,10-,11-,12-/m1/s1. The summed E-state index contributed by atoms with van der Waals surface area (Å²) in [5.74, 6) is -1.03. The lowest BCUT2D eigenvalue weighted by molar-refractivity contribution is 0.0178. The molecule has 1 aromatic carbocycles. The zero-order valence-electron chi connectivity index (χ0n) is 10.4. The maximum absolute atomic E-state index is 13.2. The first-order valence-electron chi connectivity index (χ1n) is 6.23. The van der Waals surface area contributed by atoms with Crippen molar-refractivity contribution in [3.8, 4) is 0 Å². The molecular weight excluding hydrogens is 289 g/mol. The van der Waals surface area contributed by atoms with E-state index in [0.29, 0.717) is 0 Å². The van der Waals surface area contributed by atoms with Crippen LogP contribution in [0.25, 0.3) is 0 Å². The van der Waals surface area contributed by atoms with Crippen molar-refractivity contribution >= 4 is 17.5 Å². The minimum absolute atomic E-state index is 0.0636. The first-order chi connectivity index (χ1) is 9.56. The highest BCUT2D eigenvalue weighted by molar-refractivity contribution is 6.33. The molecule has 1 amide bonds. The van der Waals surface area contributed by atoms with Crippen LogP contribution in [0.3, 0.4) is 0 Å². The van der Waals surface area contributed by atoms with Gasteiger partial charge in [0.15, 0.2) is 0 Å². The van der Waals surface area contributed by atoms with Gasteiger partial charge in [0.1, 0.15) is 24.1 Å². The fourth-order valence-corrected chi connectivity index (χ4v) is 2.72. The van der Waals surface area contributed by atoms with E-state index in [2.05, 4.69) is 5.32 Å². The smallest absolute Gasteiger partial charge is 0.253 e. The van der Waals surface area contributed by atoms with E-state index in [1.807, 2.05) is 0 Å². The molecule has 2 N–H and O–H groups in total. The summed E-state index contributed by atoms with van der Waals surface area (Å²) in [5, 5.41) is 12.5. The van der Waals surface area contributed by atoms with Crippen LogP contribution in [0.1, 0.15) is 10.4 Å². The third-order valence-electron chi connectivity index (χ3n) is 3.52. The van der Waals surface area contributed by atoms with E-state index in [4.69, 9.17) is 21.1 Å². The van der Waals surface area contributed by atoms with Crippen molar-refractivity contribution in [3.63, 3.8) is 0 Å². The van der Waals surface area contributed by atoms with Gasteiger partial charge in [-0.15, -0.1) is 0 Å². The topological polar surface area (TPSA) is 67.8 Å². The Morgan fingerprint density at radius 3 is 2.90 bits per heavy atom. The Kier molecular flexibility index (Phi) is 3.64. The molecule has 5 nitrogen and oxygen atoms in total. The van der Waals surface area contributed by atoms with Gasteiger partial charge in [0.2, 0.25) is 0 Å². The van der Waals surface area contributed by atoms with Gasteiger partial charge >= 0.3 is 0 Å². The van der Waals surface area contributed by atoms with Gasteiger partial charge in [-0.3, -0.25) is 4.79 Å². The summed E-state index contributed by atoms with van der Waals surface area (Å²) in [5.41, 5.74) is 0.0636. The Bertz CT molecular complexity index is 541. The SMILES string of the molecule is O=C(N[C@@H]1CO[C@H]2[C@@H]1OC[C@H]2O)c1cc(F)ccc1Cl. The molecule has 0 spiro atoms. The van der Waals surface area contributed by atoms with E-state index >= 15 is 0 Å². The summed E-state index contributed by atoms with van der Waals surface area (Å²) >= 11 is 5.88. The van der Waals surface area contributed by atoms with Crippen molar-refractivity contribution in [2.45, 2.75) is 24.4 Å². The summed E-state index contributed by atoms with van der Waals surface area (Å²) in [7, 11) is 0. The van der Waals surface area contributed by atoms with Gasteiger partial charge < -0.3 is 19.9 Å². The Balaban J connectivity index is 1.72. The summed E-state index contributed by atoms with van der Waals surface area (Å²) in [6.07, 6.45) is -1.50. The van der Waals surface area contributed by atoms with Crippen LogP contribution in [0.2, 0.25) is 5.02 Å². The fraction of sp³-hybridized carbons (Fsp3) is 0.462. The normalized spacial score (nSPS) is 32.1. The van der Waals surface area contributed by atoms with E-state index in [9.17, 15) is 14.3 Å². The van der Waals surface area contributed by atoms with E-state index in [0.717, 1.165) is 6.07 Å². The number of amides is 1. The second kappa shape index (κ2) is 5.29. The number of aliphatic hydroxyl groups is 1. The van der Waals surface area contributed by atoms with Crippen LogP contribution >= 0.6 is 11.6 Å². The van der Waals surface area contributed by atoms with E-state index in [1.54, 1.807) is 0 Å². The van der Waals surface area contributed by atoms with Crippen LogP contribution in [0, 0.1) is 5.82 Å². The lowest BCUT2D eigenvalue weighted by atomic mass is 10.1. The largest absolute Gasteiger partial charge is 0.388 e. The van der Waals surface area contributed by atoms with Crippen LogP contribution in [0.15, 0.2) is 18.2 Å². The van der Waals surface area contributed by atoms with Crippen LogP contribution in [0.4, 0.5) is 4.39 Å². The van der Waals surface area contributed by atoms with Gasteiger partial charge in [0.25, 0.3) is 5.91 Å². The minimum atomic E-state index is -0.681. The molecule has 1 aromatic rings. The molecule has 0 unspecified atom stereocenters. The molecule has 2 aliphatic rings. The number of rotatable bonds is 2. The predicted molar refractivity (Wildman–Crippen MR) is 68.2 cm³/mol. The van der Waals surface area contributed by atoms with E-state index in [1.165, 1.54) is 12.1 Å². The monoisotopic (exact) mass is 301 g/mol. The van der Waals surface area contributed by atoms with Gasteiger partial charge in [-0.05, 0) is 18.2 Å². The molecule has 3 rings (SSSR count). The number of hydrogen-bond donors (Lipinski definition) is 2. The highest BCUT2D eigenvalue weighted by Crippen LogP contribution is 2.27. The number of halogens is 2. The summed E-state index contributed by atoms with van der Waals surface area (Å²) in [6, 6.07) is 3.21. The Morgan fingerprint density at radius 1 is 1.35 bits per heavy atom. The second-order valence-electron chi connectivity index (χ2n) is 4.87. The number of carbonyl (C=O) groups is 1. The Hall–Kier alpha value is -1.21. The van der Waals surface area contributed by atoms with Gasteiger partial charge in [-0.25, -0.2) is 4.39 Å². The molecule has 2 fully saturated rings. The van der Waals surface area contributed by atoms with Gasteiger partial charge in [-0.1, -0.05) is 11.6 Å². The summed E-state index contributed by atoms with van der Waals surface area (Å²) in [4.78, 5) is 12.1. The number of hydrogen-bond acceptors (Lipinski definition) is 4. The maximum atomic E-state index is 13.2. The summed E-state index contributed by atoms with van der Waals surface area (Å²) < 4.78 is 24.0. The molecule has 0 aromatic heterocycles. The van der Waals surface area contributed by atoms with Crippen molar-refractivity contribution in [2.75, 3.05) is 13.2 Å². The Morgan fingerprint density at radius 2 is 2.10 bits per heavy atom. The van der Waals surface area contributed by atoms with E-state index in [-0.39, 0.29) is 35.9 Å². The molecule has 2 saturated heterocycles. The number of benzene rings is 1. The second-order valence-corrected chi connectivity index (χ2v) is 5.27. The van der Waals surface area contributed by atoms with Crippen LogP contribution in [0.5, 0.6) is 0 Å². The maximum Gasteiger partial charge on any atom is 0.253 e. The van der Waals surface area contributed by atoms with Crippen molar-refractivity contribution < 1.29 is 23.8 Å². The first kappa shape index (κ1) is 13.8. The number of ether oxygens (including phenoxy) is 2. The third kappa shape index (κ3) is 2.40. The molecule has 0 saturated carbocycles. The lowest BCUT2D eigenvalue weighted by Gasteiger charge is -2.17. The van der Waals surface area contributed by atoms with Gasteiger partial charge in [0.05, 0.1) is 29.8 Å². The third-order valence-corrected chi connectivity index (χ3v) is 3.85. The molecule has 0 aliphatic carbocycles. The van der Waals surface area contributed by atoms with Crippen molar-refractivity contribution in [2.24, 2.45) is 0 Å². The zero-order chi connectivity index (χ0) is 14.3. The molecular formula is C13H13ClFNO4.